The Labute approximate surface area is 164 Å². The number of carbonyl (C=O) groups is 1. The Morgan fingerprint density at radius 1 is 1.39 bits per heavy atom. The molecule has 0 saturated carbocycles. The maximum absolute atomic E-state index is 13.4. The lowest BCUT2D eigenvalue weighted by molar-refractivity contribution is -0.132. The van der Waals surface area contributed by atoms with Gasteiger partial charge in [-0.1, -0.05) is 0 Å². The van der Waals surface area contributed by atoms with Gasteiger partial charge in [0.25, 0.3) is 0 Å². The van der Waals surface area contributed by atoms with E-state index in [1.54, 1.807) is 18.0 Å². The highest BCUT2D eigenvalue weighted by Crippen LogP contribution is 2.33. The largest absolute Gasteiger partial charge is 0.497 e. The van der Waals surface area contributed by atoms with Crippen LogP contribution in [0.2, 0.25) is 0 Å². The summed E-state index contributed by atoms with van der Waals surface area (Å²) < 4.78 is 13.2. The van der Waals surface area contributed by atoms with Crippen LogP contribution >= 0.6 is 0 Å². The van der Waals surface area contributed by atoms with Crippen LogP contribution in [0.4, 0.5) is 0 Å². The van der Waals surface area contributed by atoms with Gasteiger partial charge in [0.1, 0.15) is 22.6 Å². The molecule has 0 aliphatic carbocycles. The van der Waals surface area contributed by atoms with Crippen molar-refractivity contribution >= 4 is 16.9 Å². The van der Waals surface area contributed by atoms with Crippen LogP contribution in [0.1, 0.15) is 37.1 Å². The van der Waals surface area contributed by atoms with Crippen LogP contribution in [-0.2, 0) is 10.3 Å². The first-order chi connectivity index (χ1) is 13.5. The number of nitrogens with zero attached hydrogens (tertiary/aromatic N) is 2. The maximum atomic E-state index is 13.4. The predicted octanol–water partition coefficient (Wildman–Crippen LogP) is 2.90. The summed E-state index contributed by atoms with van der Waals surface area (Å²) in [4.78, 5) is 13.4. The number of ether oxygens (including phenoxy) is 1. The number of aryl methyl sites for hydroxylation is 1. The number of benzene rings is 1. The molecule has 7 heteroatoms. The van der Waals surface area contributed by atoms with Gasteiger partial charge in [-0.15, -0.1) is 0 Å². The number of piperidine rings is 1. The Morgan fingerprint density at radius 2 is 2.18 bits per heavy atom. The Hall–Kier alpha value is -2.80. The molecule has 1 atom stereocenters. The van der Waals surface area contributed by atoms with Crippen molar-refractivity contribution in [1.29, 1.82) is 0 Å². The minimum absolute atomic E-state index is 0.0253. The highest BCUT2D eigenvalue weighted by Gasteiger charge is 2.42. The topological polar surface area (TPSA) is 81.3 Å². The van der Waals surface area contributed by atoms with Gasteiger partial charge in [-0.05, 0) is 64.0 Å². The van der Waals surface area contributed by atoms with Gasteiger partial charge >= 0.3 is 0 Å². The molecular weight excluding hydrogens is 356 g/mol. The summed E-state index contributed by atoms with van der Waals surface area (Å²) in [6.45, 7) is 5.53. The zero-order valence-corrected chi connectivity index (χ0v) is 16.5. The molecule has 7 nitrogen and oxygen atoms in total. The second kappa shape index (κ2) is 7.31. The second-order valence-electron chi connectivity index (χ2n) is 7.38. The number of aromatic nitrogens is 2. The van der Waals surface area contributed by atoms with Gasteiger partial charge in [-0.3, -0.25) is 9.48 Å². The number of furan rings is 1. The zero-order chi connectivity index (χ0) is 19.7. The van der Waals surface area contributed by atoms with E-state index in [1.165, 1.54) is 0 Å². The number of fused-ring (bicyclic) bond motifs is 1. The molecule has 1 aliphatic rings. The smallest absolute Gasteiger partial charge is 0.248 e. The quantitative estimate of drug-likeness (QED) is 0.709. The molecule has 3 heterocycles. The van der Waals surface area contributed by atoms with E-state index in [1.807, 2.05) is 44.3 Å². The monoisotopic (exact) mass is 382 g/mol. The molecule has 1 fully saturated rings. The molecule has 28 heavy (non-hydrogen) atoms. The molecule has 1 amide bonds. The molecule has 2 N–H and O–H groups in total. The molecule has 1 aliphatic heterocycles. The van der Waals surface area contributed by atoms with Crippen LogP contribution in [0.15, 0.2) is 41.1 Å². The van der Waals surface area contributed by atoms with Gasteiger partial charge in [0.15, 0.2) is 0 Å². The first-order valence-electron chi connectivity index (χ1n) is 9.64. The third-order valence-electron chi connectivity index (χ3n) is 5.72. The molecule has 148 valence electrons. The molecule has 4 rings (SSSR count). The minimum atomic E-state index is -0.674. The van der Waals surface area contributed by atoms with Crippen molar-refractivity contribution in [2.24, 2.45) is 0 Å². The van der Waals surface area contributed by atoms with Crippen LogP contribution in [-0.4, -0.2) is 35.9 Å². The average molecular weight is 382 g/mol. The molecule has 0 radical (unpaired) electrons. The molecular formula is C21H26N4O3. The lowest BCUT2D eigenvalue weighted by Crippen LogP contribution is -2.55. The van der Waals surface area contributed by atoms with Crippen molar-refractivity contribution in [3.63, 3.8) is 0 Å². The fraction of sp³-hybridized carbons (Fsp3) is 0.429. The lowest BCUT2D eigenvalue weighted by atomic mass is 9.87. The van der Waals surface area contributed by atoms with Gasteiger partial charge < -0.3 is 19.8 Å². The van der Waals surface area contributed by atoms with Crippen LogP contribution in [0.25, 0.3) is 11.0 Å². The zero-order valence-electron chi connectivity index (χ0n) is 16.5. The number of methoxy groups -OCH3 is 1. The Morgan fingerprint density at radius 3 is 2.86 bits per heavy atom. The van der Waals surface area contributed by atoms with E-state index in [0.29, 0.717) is 12.8 Å². The number of hydrogen-bond donors (Lipinski definition) is 2. The summed E-state index contributed by atoms with van der Waals surface area (Å²) in [7, 11) is 1.65. The van der Waals surface area contributed by atoms with Gasteiger partial charge in [0.2, 0.25) is 5.91 Å². The van der Waals surface area contributed by atoms with E-state index in [4.69, 9.17) is 9.15 Å². The van der Waals surface area contributed by atoms with Crippen LogP contribution in [0.3, 0.4) is 0 Å². The minimum Gasteiger partial charge on any atom is -0.497 e. The summed E-state index contributed by atoms with van der Waals surface area (Å²) in [5.41, 5.74) is 1.13. The summed E-state index contributed by atoms with van der Waals surface area (Å²) in [5.74, 6) is 1.52. The molecule has 2 aromatic heterocycles. The summed E-state index contributed by atoms with van der Waals surface area (Å²) in [6.07, 6.45) is 4.98. The predicted molar refractivity (Wildman–Crippen MR) is 106 cm³/mol. The van der Waals surface area contributed by atoms with Crippen LogP contribution in [0, 0.1) is 6.92 Å². The first-order valence-corrected chi connectivity index (χ1v) is 9.64. The Balaban J connectivity index is 1.62. The van der Waals surface area contributed by atoms with Crippen molar-refractivity contribution < 1.29 is 13.9 Å². The fourth-order valence-electron chi connectivity index (χ4n) is 4.08. The second-order valence-corrected chi connectivity index (χ2v) is 7.38. The Kier molecular flexibility index (Phi) is 4.85. The highest BCUT2D eigenvalue weighted by molar-refractivity contribution is 5.86. The number of rotatable bonds is 5. The molecule has 1 unspecified atom stereocenters. The summed E-state index contributed by atoms with van der Waals surface area (Å²) in [6, 6.07) is 7.34. The molecule has 3 aromatic rings. The van der Waals surface area contributed by atoms with E-state index < -0.39 is 5.54 Å². The van der Waals surface area contributed by atoms with Gasteiger partial charge in [0.05, 0.1) is 13.2 Å². The van der Waals surface area contributed by atoms with E-state index in [0.717, 1.165) is 41.1 Å². The van der Waals surface area contributed by atoms with Crippen molar-refractivity contribution in [2.75, 3.05) is 20.2 Å². The fourth-order valence-corrected chi connectivity index (χ4v) is 4.08. The van der Waals surface area contributed by atoms with E-state index in [9.17, 15) is 4.79 Å². The standard InChI is InChI=1S/C21H26N4O3/c1-14-17-13-16(27-3)5-6-18(17)28-19(14)15(2)24-20(26)21(7-10-22-11-8-21)25-12-4-9-23-25/h4-6,9,12-13,15,22H,7-8,10-11H2,1-3H3,(H,24,26). The molecule has 1 aromatic carbocycles. The number of nitrogens with one attached hydrogen (secondary N) is 2. The van der Waals surface area contributed by atoms with Crippen molar-refractivity contribution in [3.05, 3.63) is 48.0 Å². The number of carbonyl (C=O) groups excluding carboxylic acids is 1. The van der Waals surface area contributed by atoms with Gasteiger partial charge in [0, 0.05) is 23.3 Å². The van der Waals surface area contributed by atoms with Crippen LogP contribution in [0.5, 0.6) is 5.75 Å². The van der Waals surface area contributed by atoms with Gasteiger partial charge in [-0.2, -0.15) is 5.10 Å². The molecule has 0 spiro atoms. The summed E-state index contributed by atoms with van der Waals surface area (Å²) in [5, 5.41) is 11.9. The van der Waals surface area contributed by atoms with E-state index in [-0.39, 0.29) is 11.9 Å². The van der Waals surface area contributed by atoms with Crippen molar-refractivity contribution in [2.45, 2.75) is 38.3 Å². The third-order valence-corrected chi connectivity index (χ3v) is 5.72. The van der Waals surface area contributed by atoms with E-state index >= 15 is 0 Å². The molecule has 1 saturated heterocycles. The van der Waals surface area contributed by atoms with Crippen LogP contribution < -0.4 is 15.4 Å². The highest BCUT2D eigenvalue weighted by atomic mass is 16.5. The Bertz CT molecular complexity index is 971. The van der Waals surface area contributed by atoms with E-state index in [2.05, 4.69) is 15.7 Å². The first kappa shape index (κ1) is 18.6. The number of hydrogen-bond acceptors (Lipinski definition) is 5. The third kappa shape index (κ3) is 3.05. The van der Waals surface area contributed by atoms with Crippen molar-refractivity contribution in [3.8, 4) is 5.75 Å². The molecule has 0 bridgehead atoms. The van der Waals surface area contributed by atoms with Crippen molar-refractivity contribution in [1.82, 2.24) is 20.4 Å². The summed E-state index contributed by atoms with van der Waals surface area (Å²) >= 11 is 0. The SMILES string of the molecule is COc1ccc2oc(C(C)NC(=O)C3(n4cccn4)CCNCC3)c(C)c2c1. The maximum Gasteiger partial charge on any atom is 0.248 e. The van der Waals surface area contributed by atoms with Gasteiger partial charge in [-0.25, -0.2) is 0 Å². The normalized spacial score (nSPS) is 17.4. The lowest BCUT2D eigenvalue weighted by Gasteiger charge is -2.37. The number of amides is 1. The average Bonchev–Trinajstić information content (AvgIpc) is 3.37.